The molecule has 1 aliphatic rings. The van der Waals surface area contributed by atoms with Crippen molar-refractivity contribution in [1.82, 2.24) is 14.8 Å². The smallest absolute Gasteiger partial charge is 0.409 e. The molecule has 0 bridgehead atoms. The van der Waals surface area contributed by atoms with Crippen molar-refractivity contribution in [2.75, 3.05) is 44.4 Å². The Bertz CT molecular complexity index is 869. The molecular weight excluding hydrogens is 370 g/mol. The maximum absolute atomic E-state index is 12.4. The highest BCUT2D eigenvalue weighted by Crippen LogP contribution is 2.26. The van der Waals surface area contributed by atoms with Crippen molar-refractivity contribution < 1.29 is 14.3 Å². The number of likely N-dealkylation sites (N-methyl/N-ethyl adjacent to an activating group) is 1. The number of ether oxygens (including phenoxy) is 1. The Morgan fingerprint density at radius 2 is 2.07 bits per heavy atom. The molecule has 3 amide bonds. The van der Waals surface area contributed by atoms with E-state index in [1.807, 2.05) is 31.2 Å². The van der Waals surface area contributed by atoms with Crippen LogP contribution in [0.3, 0.4) is 0 Å². The molecule has 0 aliphatic carbocycles. The predicted octanol–water partition coefficient (Wildman–Crippen LogP) is 3.09. The maximum atomic E-state index is 12.4. The quantitative estimate of drug-likeness (QED) is 0.810. The first-order chi connectivity index (χ1) is 14.0. The van der Waals surface area contributed by atoms with Crippen molar-refractivity contribution in [2.45, 2.75) is 19.9 Å². The molecule has 0 saturated carbocycles. The van der Waals surface area contributed by atoms with Gasteiger partial charge in [0.1, 0.15) is 0 Å². The molecule has 2 aromatic rings. The molecule has 1 aromatic heterocycles. The number of aryl methyl sites for hydroxylation is 1. The fourth-order valence-corrected chi connectivity index (χ4v) is 3.34. The highest BCUT2D eigenvalue weighted by molar-refractivity contribution is 6.00. The molecule has 29 heavy (non-hydrogen) atoms. The van der Waals surface area contributed by atoms with Crippen LogP contribution in [0.4, 0.5) is 21.0 Å². The zero-order valence-electron chi connectivity index (χ0n) is 17.1. The number of carbonyl (C=O) groups is 2. The lowest BCUT2D eigenvalue weighted by Crippen LogP contribution is -2.39. The molecule has 8 heteroatoms. The summed E-state index contributed by atoms with van der Waals surface area (Å²) in [5, 5.41) is 5.76. The summed E-state index contributed by atoms with van der Waals surface area (Å²) in [4.78, 5) is 31.9. The van der Waals surface area contributed by atoms with E-state index in [1.165, 1.54) is 12.7 Å². The average molecular weight is 397 g/mol. The Balaban J connectivity index is 1.59. The number of hydrogen-bond donors (Lipinski definition) is 2. The zero-order chi connectivity index (χ0) is 20.8. The van der Waals surface area contributed by atoms with Gasteiger partial charge in [-0.25, -0.2) is 9.59 Å². The van der Waals surface area contributed by atoms with Gasteiger partial charge in [-0.3, -0.25) is 9.88 Å². The molecule has 8 nitrogen and oxygen atoms in total. The van der Waals surface area contributed by atoms with Crippen LogP contribution in [0.15, 0.2) is 36.5 Å². The SMILES string of the molecule is COC(=O)N(C)CCN1CCc2c(cccc2NC(=O)Nc2ccc(C)nc2)C1. The second kappa shape index (κ2) is 9.38. The Labute approximate surface area is 170 Å². The molecule has 0 atom stereocenters. The number of benzene rings is 1. The first-order valence-electron chi connectivity index (χ1n) is 9.59. The average Bonchev–Trinajstić information content (AvgIpc) is 2.73. The molecule has 3 rings (SSSR count). The topological polar surface area (TPSA) is 86.8 Å². The van der Waals surface area contributed by atoms with Gasteiger partial charge in [0, 0.05) is 44.6 Å². The van der Waals surface area contributed by atoms with E-state index in [9.17, 15) is 9.59 Å². The molecule has 2 N–H and O–H groups in total. The fourth-order valence-electron chi connectivity index (χ4n) is 3.34. The summed E-state index contributed by atoms with van der Waals surface area (Å²) in [6, 6.07) is 9.35. The Kier molecular flexibility index (Phi) is 6.66. The molecule has 0 unspecified atom stereocenters. The van der Waals surface area contributed by atoms with Gasteiger partial charge in [-0.05, 0) is 42.7 Å². The van der Waals surface area contributed by atoms with Gasteiger partial charge in [-0.1, -0.05) is 12.1 Å². The minimum atomic E-state index is -0.330. The highest BCUT2D eigenvalue weighted by atomic mass is 16.5. The largest absolute Gasteiger partial charge is 0.453 e. The zero-order valence-corrected chi connectivity index (χ0v) is 17.1. The molecule has 154 valence electrons. The van der Waals surface area contributed by atoms with Crippen molar-refractivity contribution >= 4 is 23.5 Å². The number of amides is 3. The van der Waals surface area contributed by atoms with E-state index >= 15 is 0 Å². The normalized spacial score (nSPS) is 13.3. The number of carbonyl (C=O) groups excluding carboxylic acids is 2. The first kappa shape index (κ1) is 20.6. The standard InChI is InChI=1S/C21H27N5O3/c1-15-7-8-17(13-22-15)23-20(27)24-19-6-4-5-16-14-26(10-9-18(16)19)12-11-25(2)21(28)29-3/h4-8,13H,9-12,14H2,1-3H3,(H2,23,24,27). The minimum Gasteiger partial charge on any atom is -0.453 e. The van der Waals surface area contributed by atoms with Crippen molar-refractivity contribution in [3.05, 3.63) is 53.3 Å². The Morgan fingerprint density at radius 3 is 2.79 bits per heavy atom. The molecule has 1 aromatic carbocycles. The summed E-state index contributed by atoms with van der Waals surface area (Å²) in [6.45, 7) is 4.92. The summed E-state index contributed by atoms with van der Waals surface area (Å²) < 4.78 is 4.73. The van der Waals surface area contributed by atoms with Crippen LogP contribution in [0.5, 0.6) is 0 Å². The van der Waals surface area contributed by atoms with Gasteiger partial charge >= 0.3 is 12.1 Å². The lowest BCUT2D eigenvalue weighted by molar-refractivity contribution is 0.126. The van der Waals surface area contributed by atoms with Crippen LogP contribution in [-0.2, 0) is 17.7 Å². The Hall–Kier alpha value is -3.13. The number of methoxy groups -OCH3 is 1. The van der Waals surface area contributed by atoms with E-state index in [4.69, 9.17) is 4.74 Å². The molecular formula is C21H27N5O3. The Morgan fingerprint density at radius 1 is 1.24 bits per heavy atom. The predicted molar refractivity (Wildman–Crippen MR) is 112 cm³/mol. The number of pyridine rings is 1. The van der Waals surface area contributed by atoms with E-state index in [2.05, 4.69) is 26.6 Å². The van der Waals surface area contributed by atoms with Crippen molar-refractivity contribution in [3.63, 3.8) is 0 Å². The number of aromatic nitrogens is 1. The third-order valence-electron chi connectivity index (χ3n) is 5.00. The summed E-state index contributed by atoms with van der Waals surface area (Å²) in [6.07, 6.45) is 2.14. The van der Waals surface area contributed by atoms with Crippen LogP contribution in [-0.4, -0.2) is 60.7 Å². The monoisotopic (exact) mass is 397 g/mol. The van der Waals surface area contributed by atoms with Crippen LogP contribution in [0.1, 0.15) is 16.8 Å². The number of anilines is 2. The molecule has 0 fully saturated rings. The van der Waals surface area contributed by atoms with Crippen molar-refractivity contribution in [3.8, 4) is 0 Å². The van der Waals surface area contributed by atoms with Crippen LogP contribution in [0, 0.1) is 6.92 Å². The second-order valence-electron chi connectivity index (χ2n) is 7.13. The molecule has 0 saturated heterocycles. The lowest BCUT2D eigenvalue weighted by atomic mass is 9.97. The fraction of sp³-hybridized carbons (Fsp3) is 0.381. The first-order valence-corrected chi connectivity index (χ1v) is 9.59. The van der Waals surface area contributed by atoms with E-state index < -0.39 is 0 Å². The van der Waals surface area contributed by atoms with Crippen molar-refractivity contribution in [1.29, 1.82) is 0 Å². The minimum absolute atomic E-state index is 0.286. The summed E-state index contributed by atoms with van der Waals surface area (Å²) in [5.74, 6) is 0. The molecule has 0 radical (unpaired) electrons. The van der Waals surface area contributed by atoms with E-state index in [1.54, 1.807) is 18.1 Å². The van der Waals surface area contributed by atoms with Crippen LogP contribution >= 0.6 is 0 Å². The van der Waals surface area contributed by atoms with Crippen molar-refractivity contribution in [2.24, 2.45) is 0 Å². The van der Waals surface area contributed by atoms with Gasteiger partial charge in [0.15, 0.2) is 0 Å². The highest BCUT2D eigenvalue weighted by Gasteiger charge is 2.20. The van der Waals surface area contributed by atoms with E-state index in [0.717, 1.165) is 43.0 Å². The third kappa shape index (κ3) is 5.45. The van der Waals surface area contributed by atoms with Gasteiger partial charge in [-0.2, -0.15) is 0 Å². The second-order valence-corrected chi connectivity index (χ2v) is 7.13. The van der Waals surface area contributed by atoms with Gasteiger partial charge in [-0.15, -0.1) is 0 Å². The third-order valence-corrected chi connectivity index (χ3v) is 5.00. The van der Waals surface area contributed by atoms with E-state index in [0.29, 0.717) is 12.2 Å². The van der Waals surface area contributed by atoms with Gasteiger partial charge in [0.2, 0.25) is 0 Å². The van der Waals surface area contributed by atoms with Gasteiger partial charge < -0.3 is 20.3 Å². The number of hydrogen-bond acceptors (Lipinski definition) is 5. The summed E-state index contributed by atoms with van der Waals surface area (Å²) in [7, 11) is 3.12. The molecule has 1 aliphatic heterocycles. The number of rotatable bonds is 5. The number of urea groups is 1. The lowest BCUT2D eigenvalue weighted by Gasteiger charge is -2.31. The summed E-state index contributed by atoms with van der Waals surface area (Å²) in [5.41, 5.74) is 4.72. The van der Waals surface area contributed by atoms with Gasteiger partial charge in [0.25, 0.3) is 0 Å². The van der Waals surface area contributed by atoms with E-state index in [-0.39, 0.29) is 12.1 Å². The number of fused-ring (bicyclic) bond motifs is 1. The van der Waals surface area contributed by atoms with Gasteiger partial charge in [0.05, 0.1) is 19.0 Å². The van der Waals surface area contributed by atoms with Crippen LogP contribution < -0.4 is 10.6 Å². The maximum Gasteiger partial charge on any atom is 0.409 e. The molecule has 0 spiro atoms. The summed E-state index contributed by atoms with van der Waals surface area (Å²) >= 11 is 0. The number of nitrogens with zero attached hydrogens (tertiary/aromatic N) is 3. The van der Waals surface area contributed by atoms with Crippen LogP contribution in [0.2, 0.25) is 0 Å². The van der Waals surface area contributed by atoms with Crippen LogP contribution in [0.25, 0.3) is 0 Å². The molecule has 2 heterocycles. The number of nitrogens with one attached hydrogen (secondary N) is 2.